The number of rotatable bonds is 5. The van der Waals surface area contributed by atoms with Gasteiger partial charge in [-0.2, -0.15) is 26.7 Å². The van der Waals surface area contributed by atoms with E-state index in [4.69, 9.17) is 24.4 Å². The first-order chi connectivity index (χ1) is 19.5. The van der Waals surface area contributed by atoms with Crippen LogP contribution in [0.2, 0.25) is 5.02 Å². The third-order valence-electron chi connectivity index (χ3n) is 6.13. The van der Waals surface area contributed by atoms with E-state index in [1.807, 2.05) is 0 Å². The van der Waals surface area contributed by atoms with Crippen molar-refractivity contribution in [2.75, 3.05) is 0 Å². The Balaban J connectivity index is 0.00000124. The minimum Gasteiger partial charge on any atom is -0.440 e. The standard InChI is InChI=1S/C28H20ClF4N3O2.O2S/c1-15-11-19(13-23(30)22(15)14-37)18-5-8-24(36-10-9-25(35-36)28(31,32)33)21(12-18)26-27(38-16(2)34-26)17-3-6-20(29)7-4-17;1-3-2/h3-13,37H,14H2,1-2H3;. The quantitative estimate of drug-likeness (QED) is 0.214. The van der Waals surface area contributed by atoms with Crippen LogP contribution in [0.4, 0.5) is 17.6 Å². The highest BCUT2D eigenvalue weighted by Gasteiger charge is 2.34. The number of aromatic nitrogens is 3. The van der Waals surface area contributed by atoms with Gasteiger partial charge >= 0.3 is 17.7 Å². The van der Waals surface area contributed by atoms with Crippen molar-refractivity contribution in [1.82, 2.24) is 14.8 Å². The molecule has 7 nitrogen and oxygen atoms in total. The van der Waals surface area contributed by atoms with Crippen LogP contribution in [-0.4, -0.2) is 28.3 Å². The molecule has 2 aromatic heterocycles. The molecule has 5 rings (SSSR count). The summed E-state index contributed by atoms with van der Waals surface area (Å²) in [5.41, 5.74) is 2.59. The average molecular weight is 606 g/mol. The highest BCUT2D eigenvalue weighted by molar-refractivity contribution is 7.51. The van der Waals surface area contributed by atoms with Gasteiger partial charge in [0.1, 0.15) is 11.5 Å². The first-order valence-electron chi connectivity index (χ1n) is 11.8. The van der Waals surface area contributed by atoms with Crippen molar-refractivity contribution in [3.8, 4) is 39.4 Å². The summed E-state index contributed by atoms with van der Waals surface area (Å²) >= 11 is 5.30. The highest BCUT2D eigenvalue weighted by Crippen LogP contribution is 2.39. The number of alkyl halides is 3. The van der Waals surface area contributed by atoms with E-state index in [9.17, 15) is 22.7 Å². The summed E-state index contributed by atoms with van der Waals surface area (Å²) in [4.78, 5) is 4.55. The summed E-state index contributed by atoms with van der Waals surface area (Å²) in [6.07, 6.45) is -3.40. The van der Waals surface area contributed by atoms with Gasteiger partial charge in [0.25, 0.3) is 0 Å². The number of benzene rings is 3. The Labute approximate surface area is 239 Å². The fourth-order valence-corrected chi connectivity index (χ4v) is 4.39. The molecule has 0 aliphatic heterocycles. The van der Waals surface area contributed by atoms with Crippen LogP contribution in [0.1, 0.15) is 22.7 Å². The zero-order valence-corrected chi connectivity index (χ0v) is 22.9. The van der Waals surface area contributed by atoms with Crippen LogP contribution in [0.3, 0.4) is 0 Å². The largest absolute Gasteiger partial charge is 0.440 e. The van der Waals surface area contributed by atoms with E-state index in [-0.39, 0.29) is 5.56 Å². The van der Waals surface area contributed by atoms with Crippen molar-refractivity contribution in [2.45, 2.75) is 26.6 Å². The Hall–Kier alpha value is -4.13. The molecule has 2 heterocycles. The zero-order valence-electron chi connectivity index (χ0n) is 21.4. The molecule has 212 valence electrons. The lowest BCUT2D eigenvalue weighted by Gasteiger charge is -2.14. The van der Waals surface area contributed by atoms with Crippen molar-refractivity contribution in [2.24, 2.45) is 0 Å². The number of aryl methyl sites for hydroxylation is 2. The molecule has 0 bridgehead atoms. The van der Waals surface area contributed by atoms with Crippen LogP contribution in [0.5, 0.6) is 0 Å². The van der Waals surface area contributed by atoms with E-state index in [1.165, 1.54) is 12.3 Å². The van der Waals surface area contributed by atoms with Gasteiger partial charge in [-0.1, -0.05) is 23.7 Å². The number of hydrogen-bond donors (Lipinski definition) is 1. The minimum atomic E-state index is -4.62. The topological polar surface area (TPSA) is 98.2 Å². The molecular formula is C28H20ClF4N3O4S. The molecule has 5 aromatic rings. The predicted octanol–water partition coefficient (Wildman–Crippen LogP) is 7.11. The first-order valence-corrected chi connectivity index (χ1v) is 12.8. The summed E-state index contributed by atoms with van der Waals surface area (Å²) in [7, 11) is 0. The Kier molecular flexibility index (Phi) is 8.86. The second kappa shape index (κ2) is 12.2. The van der Waals surface area contributed by atoms with E-state index in [0.717, 1.165) is 10.7 Å². The summed E-state index contributed by atoms with van der Waals surface area (Å²) in [5, 5.41) is 13.7. The molecule has 0 spiro atoms. The average Bonchev–Trinajstić information content (AvgIpc) is 3.56. The fraction of sp³-hybridized carbons (Fsp3) is 0.143. The Morgan fingerprint density at radius 3 is 2.22 bits per heavy atom. The van der Waals surface area contributed by atoms with Gasteiger partial charge in [0.2, 0.25) is 0 Å². The lowest BCUT2D eigenvalue weighted by atomic mass is 9.95. The number of nitrogens with zero attached hydrogens (tertiary/aromatic N) is 3. The van der Waals surface area contributed by atoms with E-state index in [0.29, 0.717) is 55.9 Å². The Morgan fingerprint density at radius 1 is 0.976 bits per heavy atom. The second-order valence-electron chi connectivity index (χ2n) is 8.77. The zero-order chi connectivity index (χ0) is 29.9. The summed E-state index contributed by atoms with van der Waals surface area (Å²) in [6, 6.07) is 15.8. The molecule has 0 aliphatic rings. The molecule has 0 saturated carbocycles. The van der Waals surface area contributed by atoms with Gasteiger partial charge in [-0.25, -0.2) is 14.1 Å². The van der Waals surface area contributed by atoms with Crippen molar-refractivity contribution < 1.29 is 35.5 Å². The molecule has 0 amide bonds. The van der Waals surface area contributed by atoms with Gasteiger partial charge in [-0.3, -0.25) is 0 Å². The maximum absolute atomic E-state index is 14.7. The lowest BCUT2D eigenvalue weighted by molar-refractivity contribution is -0.141. The fourth-order valence-electron chi connectivity index (χ4n) is 4.26. The number of hydrogen-bond acceptors (Lipinski definition) is 6. The van der Waals surface area contributed by atoms with Gasteiger partial charge in [-0.05, 0) is 72.1 Å². The highest BCUT2D eigenvalue weighted by atomic mass is 35.5. The van der Waals surface area contributed by atoms with Crippen LogP contribution in [0, 0.1) is 19.7 Å². The Bertz CT molecular complexity index is 1720. The first kappa shape index (κ1) is 29.8. The molecule has 0 saturated heterocycles. The van der Waals surface area contributed by atoms with Gasteiger partial charge in [0, 0.05) is 34.8 Å². The van der Waals surface area contributed by atoms with E-state index in [2.05, 4.69) is 10.1 Å². The number of halogens is 5. The smallest absolute Gasteiger partial charge is 0.435 e. The summed E-state index contributed by atoms with van der Waals surface area (Å²) in [6.45, 7) is 2.91. The Morgan fingerprint density at radius 2 is 1.63 bits per heavy atom. The molecule has 0 aliphatic carbocycles. The molecule has 0 unspecified atom stereocenters. The van der Waals surface area contributed by atoms with Crippen LogP contribution < -0.4 is 0 Å². The van der Waals surface area contributed by atoms with Crippen LogP contribution >= 0.6 is 11.6 Å². The summed E-state index contributed by atoms with van der Waals surface area (Å²) < 4.78 is 78.2. The summed E-state index contributed by atoms with van der Waals surface area (Å²) in [5.74, 6) is 0.167. The van der Waals surface area contributed by atoms with Crippen molar-refractivity contribution in [3.05, 3.63) is 100 Å². The molecule has 0 atom stereocenters. The third kappa shape index (κ3) is 6.45. The van der Waals surface area contributed by atoms with E-state index < -0.39 is 35.9 Å². The number of oxazole rings is 1. The van der Waals surface area contributed by atoms with Crippen molar-refractivity contribution in [1.29, 1.82) is 0 Å². The molecule has 3 aromatic carbocycles. The maximum Gasteiger partial charge on any atom is 0.435 e. The SMILES string of the molecule is Cc1nc(-c2cc(-c3cc(C)c(CO)c(F)c3)ccc2-n2ccc(C(F)(F)F)n2)c(-c2ccc(Cl)cc2)o1.O=S=O. The van der Waals surface area contributed by atoms with E-state index >= 15 is 0 Å². The van der Waals surface area contributed by atoms with Crippen molar-refractivity contribution >= 4 is 23.2 Å². The lowest BCUT2D eigenvalue weighted by Crippen LogP contribution is -2.07. The molecular weight excluding hydrogens is 586 g/mol. The molecule has 0 radical (unpaired) electrons. The van der Waals surface area contributed by atoms with Gasteiger partial charge in [0.15, 0.2) is 17.3 Å². The van der Waals surface area contributed by atoms with E-state index in [1.54, 1.807) is 62.4 Å². The van der Waals surface area contributed by atoms with Crippen molar-refractivity contribution in [3.63, 3.8) is 0 Å². The molecule has 13 heteroatoms. The molecule has 1 N–H and O–H groups in total. The van der Waals surface area contributed by atoms with Crippen LogP contribution in [0.15, 0.2) is 71.3 Å². The minimum absolute atomic E-state index is 0.193. The van der Waals surface area contributed by atoms with Gasteiger partial charge < -0.3 is 9.52 Å². The molecule has 0 fully saturated rings. The third-order valence-corrected chi connectivity index (χ3v) is 6.38. The monoisotopic (exact) mass is 605 g/mol. The van der Waals surface area contributed by atoms with Gasteiger partial charge in [0.05, 0.1) is 12.3 Å². The number of aliphatic hydroxyl groups is 1. The molecule has 41 heavy (non-hydrogen) atoms. The van der Waals surface area contributed by atoms with Gasteiger partial charge in [-0.15, -0.1) is 0 Å². The van der Waals surface area contributed by atoms with Crippen LogP contribution in [0.25, 0.3) is 39.4 Å². The second-order valence-corrected chi connectivity index (χ2v) is 9.34. The normalized spacial score (nSPS) is 11.2. The maximum atomic E-state index is 14.7. The number of aliphatic hydroxyl groups excluding tert-OH is 1. The van der Waals surface area contributed by atoms with Crippen LogP contribution in [-0.2, 0) is 24.4 Å². The predicted molar refractivity (Wildman–Crippen MR) is 144 cm³/mol.